The summed E-state index contributed by atoms with van der Waals surface area (Å²) in [6.07, 6.45) is 3.36. The van der Waals surface area contributed by atoms with E-state index < -0.39 is 0 Å². The number of hydrogen-bond acceptors (Lipinski definition) is 2. The van der Waals surface area contributed by atoms with Crippen LogP contribution in [0.15, 0.2) is 28.7 Å². The number of aliphatic hydroxyl groups is 1. The van der Waals surface area contributed by atoms with Crippen LogP contribution in [0.3, 0.4) is 0 Å². The standard InChI is InChI=1S/C15H22BrNO/c1-11-7-12(2)9-15(8-11,10-18)17-14-5-3-13(16)4-6-14/h3-6,11-12,17-18H,7-10H2,1-2H3. The number of rotatable bonds is 3. The Morgan fingerprint density at radius 2 is 1.78 bits per heavy atom. The average Bonchev–Trinajstić information content (AvgIpc) is 2.31. The zero-order valence-electron chi connectivity index (χ0n) is 11.1. The molecule has 0 spiro atoms. The zero-order chi connectivity index (χ0) is 13.2. The molecule has 1 fully saturated rings. The van der Waals surface area contributed by atoms with Gasteiger partial charge in [-0.2, -0.15) is 0 Å². The second-order valence-corrected chi connectivity index (χ2v) is 6.84. The molecule has 0 radical (unpaired) electrons. The van der Waals surface area contributed by atoms with E-state index in [1.807, 2.05) is 12.1 Å². The van der Waals surface area contributed by atoms with Crippen molar-refractivity contribution in [1.82, 2.24) is 0 Å². The summed E-state index contributed by atoms with van der Waals surface area (Å²) in [4.78, 5) is 0. The van der Waals surface area contributed by atoms with Crippen molar-refractivity contribution in [3.05, 3.63) is 28.7 Å². The van der Waals surface area contributed by atoms with Gasteiger partial charge in [0.05, 0.1) is 12.1 Å². The van der Waals surface area contributed by atoms with Crippen LogP contribution in [0.25, 0.3) is 0 Å². The maximum atomic E-state index is 9.82. The molecule has 2 atom stereocenters. The molecule has 0 amide bonds. The lowest BCUT2D eigenvalue weighted by molar-refractivity contribution is 0.122. The van der Waals surface area contributed by atoms with E-state index in [0.717, 1.165) is 23.0 Å². The van der Waals surface area contributed by atoms with Gasteiger partial charge in [0.2, 0.25) is 0 Å². The first-order valence-corrected chi connectivity index (χ1v) is 7.47. The Kier molecular flexibility index (Phi) is 4.33. The molecule has 2 rings (SSSR count). The number of benzene rings is 1. The third-order valence-electron chi connectivity index (χ3n) is 3.84. The van der Waals surface area contributed by atoms with Crippen molar-refractivity contribution in [2.45, 2.75) is 38.6 Å². The lowest BCUT2D eigenvalue weighted by Gasteiger charge is -2.43. The average molecular weight is 312 g/mol. The number of anilines is 1. The van der Waals surface area contributed by atoms with Gasteiger partial charge in [-0.3, -0.25) is 0 Å². The smallest absolute Gasteiger partial charge is 0.0661 e. The van der Waals surface area contributed by atoms with Gasteiger partial charge in [0.1, 0.15) is 0 Å². The number of hydrogen-bond donors (Lipinski definition) is 2. The van der Waals surface area contributed by atoms with Gasteiger partial charge in [-0.05, 0) is 55.4 Å². The van der Waals surface area contributed by atoms with E-state index in [1.165, 1.54) is 6.42 Å². The molecule has 2 nitrogen and oxygen atoms in total. The fourth-order valence-corrected chi connectivity index (χ4v) is 3.65. The van der Waals surface area contributed by atoms with Crippen LogP contribution >= 0.6 is 15.9 Å². The molecular formula is C15H22BrNO. The number of nitrogens with one attached hydrogen (secondary N) is 1. The molecular weight excluding hydrogens is 290 g/mol. The van der Waals surface area contributed by atoms with E-state index in [0.29, 0.717) is 11.8 Å². The van der Waals surface area contributed by atoms with E-state index >= 15 is 0 Å². The fourth-order valence-electron chi connectivity index (χ4n) is 3.38. The first-order valence-electron chi connectivity index (χ1n) is 6.67. The minimum Gasteiger partial charge on any atom is -0.394 e. The molecule has 0 aliphatic heterocycles. The Morgan fingerprint density at radius 1 is 1.22 bits per heavy atom. The molecule has 1 aliphatic rings. The summed E-state index contributed by atoms with van der Waals surface area (Å²) in [5.74, 6) is 1.34. The maximum Gasteiger partial charge on any atom is 0.0661 e. The summed E-state index contributed by atoms with van der Waals surface area (Å²) in [5, 5.41) is 13.4. The summed E-state index contributed by atoms with van der Waals surface area (Å²) in [5.41, 5.74) is 0.943. The molecule has 1 aromatic carbocycles. The maximum absolute atomic E-state index is 9.82. The van der Waals surface area contributed by atoms with Crippen LogP contribution in [0.4, 0.5) is 5.69 Å². The van der Waals surface area contributed by atoms with Crippen molar-refractivity contribution < 1.29 is 5.11 Å². The van der Waals surface area contributed by atoms with Gasteiger partial charge < -0.3 is 10.4 Å². The van der Waals surface area contributed by atoms with Crippen LogP contribution in [0.2, 0.25) is 0 Å². The molecule has 1 aliphatic carbocycles. The van der Waals surface area contributed by atoms with Crippen LogP contribution in [-0.2, 0) is 0 Å². The molecule has 0 saturated heterocycles. The first-order chi connectivity index (χ1) is 8.53. The summed E-state index contributed by atoms with van der Waals surface area (Å²) in [6, 6.07) is 8.18. The van der Waals surface area contributed by atoms with Crippen molar-refractivity contribution >= 4 is 21.6 Å². The quantitative estimate of drug-likeness (QED) is 0.882. The Labute approximate surface area is 118 Å². The van der Waals surface area contributed by atoms with Crippen LogP contribution in [0.1, 0.15) is 33.1 Å². The molecule has 1 saturated carbocycles. The normalized spacial score (nSPS) is 32.2. The minimum atomic E-state index is -0.148. The Morgan fingerprint density at radius 3 is 2.28 bits per heavy atom. The van der Waals surface area contributed by atoms with Crippen LogP contribution in [-0.4, -0.2) is 17.3 Å². The molecule has 18 heavy (non-hydrogen) atoms. The lowest BCUT2D eigenvalue weighted by Crippen LogP contribution is -2.48. The predicted molar refractivity (Wildman–Crippen MR) is 79.8 cm³/mol. The highest BCUT2D eigenvalue weighted by molar-refractivity contribution is 9.10. The summed E-state index contributed by atoms with van der Waals surface area (Å²) in [6.45, 7) is 4.77. The number of aliphatic hydroxyl groups excluding tert-OH is 1. The molecule has 2 N–H and O–H groups in total. The van der Waals surface area contributed by atoms with Crippen molar-refractivity contribution in [1.29, 1.82) is 0 Å². The SMILES string of the molecule is CC1CC(C)CC(CO)(Nc2ccc(Br)cc2)C1. The predicted octanol–water partition coefficient (Wildman–Crippen LogP) is 4.05. The molecule has 0 aromatic heterocycles. The molecule has 100 valence electrons. The topological polar surface area (TPSA) is 32.3 Å². The molecule has 0 bridgehead atoms. The van der Waals surface area contributed by atoms with Gasteiger partial charge in [-0.25, -0.2) is 0 Å². The minimum absolute atomic E-state index is 0.148. The third-order valence-corrected chi connectivity index (χ3v) is 4.37. The second kappa shape index (κ2) is 5.62. The molecule has 1 aromatic rings. The highest BCUT2D eigenvalue weighted by atomic mass is 79.9. The van der Waals surface area contributed by atoms with Crippen LogP contribution in [0.5, 0.6) is 0 Å². The van der Waals surface area contributed by atoms with Crippen molar-refractivity contribution in [3.63, 3.8) is 0 Å². The Bertz CT molecular complexity index is 380. The summed E-state index contributed by atoms with van der Waals surface area (Å²) in [7, 11) is 0. The zero-order valence-corrected chi connectivity index (χ0v) is 12.7. The lowest BCUT2D eigenvalue weighted by atomic mass is 9.72. The Balaban J connectivity index is 2.14. The van der Waals surface area contributed by atoms with E-state index in [2.05, 4.69) is 47.2 Å². The third kappa shape index (κ3) is 3.27. The van der Waals surface area contributed by atoms with Crippen molar-refractivity contribution in [2.24, 2.45) is 11.8 Å². The molecule has 2 unspecified atom stereocenters. The monoisotopic (exact) mass is 311 g/mol. The van der Waals surface area contributed by atoms with Crippen molar-refractivity contribution in [2.75, 3.05) is 11.9 Å². The first kappa shape index (κ1) is 13.9. The highest BCUT2D eigenvalue weighted by Crippen LogP contribution is 2.38. The van der Waals surface area contributed by atoms with E-state index in [9.17, 15) is 5.11 Å². The van der Waals surface area contributed by atoms with Gasteiger partial charge >= 0.3 is 0 Å². The van der Waals surface area contributed by atoms with E-state index in [1.54, 1.807) is 0 Å². The van der Waals surface area contributed by atoms with E-state index in [4.69, 9.17) is 0 Å². The Hall–Kier alpha value is -0.540. The highest BCUT2D eigenvalue weighted by Gasteiger charge is 2.37. The van der Waals surface area contributed by atoms with Gasteiger partial charge in [0.15, 0.2) is 0 Å². The van der Waals surface area contributed by atoms with Gasteiger partial charge in [-0.15, -0.1) is 0 Å². The van der Waals surface area contributed by atoms with Gasteiger partial charge in [0.25, 0.3) is 0 Å². The largest absolute Gasteiger partial charge is 0.394 e. The van der Waals surface area contributed by atoms with Gasteiger partial charge in [0, 0.05) is 10.2 Å². The van der Waals surface area contributed by atoms with Crippen molar-refractivity contribution in [3.8, 4) is 0 Å². The summed E-state index contributed by atoms with van der Waals surface area (Å²) < 4.78 is 1.08. The van der Waals surface area contributed by atoms with Crippen LogP contribution < -0.4 is 5.32 Å². The van der Waals surface area contributed by atoms with Crippen LogP contribution in [0, 0.1) is 11.8 Å². The summed E-state index contributed by atoms with van der Waals surface area (Å²) >= 11 is 3.44. The fraction of sp³-hybridized carbons (Fsp3) is 0.600. The van der Waals surface area contributed by atoms with E-state index in [-0.39, 0.29) is 12.1 Å². The van der Waals surface area contributed by atoms with Gasteiger partial charge in [-0.1, -0.05) is 29.8 Å². The molecule has 0 heterocycles. The number of halogens is 1. The molecule has 3 heteroatoms. The second-order valence-electron chi connectivity index (χ2n) is 5.92.